The highest BCUT2D eigenvalue weighted by atomic mass is 35.5. The number of rotatable bonds is 6. The SMILES string of the molecule is COCNCC(C)(C)c1ccc(OC)c(Cl)c1. The lowest BCUT2D eigenvalue weighted by molar-refractivity contribution is 0.169. The van der Waals surface area contributed by atoms with Crippen molar-refractivity contribution in [2.24, 2.45) is 0 Å². The molecule has 0 fully saturated rings. The zero-order valence-electron chi connectivity index (χ0n) is 10.8. The van der Waals surface area contributed by atoms with Gasteiger partial charge in [-0.15, -0.1) is 0 Å². The van der Waals surface area contributed by atoms with Crippen LogP contribution in [0.5, 0.6) is 5.75 Å². The molecule has 17 heavy (non-hydrogen) atoms. The minimum Gasteiger partial charge on any atom is -0.495 e. The van der Waals surface area contributed by atoms with E-state index >= 15 is 0 Å². The Labute approximate surface area is 108 Å². The van der Waals surface area contributed by atoms with Gasteiger partial charge in [-0.25, -0.2) is 0 Å². The molecule has 0 aliphatic carbocycles. The van der Waals surface area contributed by atoms with E-state index in [2.05, 4.69) is 19.2 Å². The van der Waals surface area contributed by atoms with E-state index in [1.54, 1.807) is 14.2 Å². The molecule has 0 spiro atoms. The third-order valence-electron chi connectivity index (χ3n) is 2.75. The molecule has 0 radical (unpaired) electrons. The van der Waals surface area contributed by atoms with E-state index in [4.69, 9.17) is 21.1 Å². The molecule has 0 saturated heterocycles. The minimum absolute atomic E-state index is 0.00551. The highest BCUT2D eigenvalue weighted by Gasteiger charge is 2.21. The third-order valence-corrected chi connectivity index (χ3v) is 3.04. The van der Waals surface area contributed by atoms with E-state index in [1.807, 2.05) is 18.2 Å². The molecule has 0 aromatic heterocycles. The average Bonchev–Trinajstić information content (AvgIpc) is 2.29. The highest BCUT2D eigenvalue weighted by molar-refractivity contribution is 6.32. The van der Waals surface area contributed by atoms with Crippen molar-refractivity contribution < 1.29 is 9.47 Å². The van der Waals surface area contributed by atoms with Crippen molar-refractivity contribution in [3.8, 4) is 5.75 Å². The fourth-order valence-corrected chi connectivity index (χ4v) is 1.91. The molecule has 0 heterocycles. The lowest BCUT2D eigenvalue weighted by atomic mass is 9.84. The summed E-state index contributed by atoms with van der Waals surface area (Å²) in [7, 11) is 3.29. The van der Waals surface area contributed by atoms with E-state index in [0.29, 0.717) is 17.5 Å². The normalized spacial score (nSPS) is 11.6. The van der Waals surface area contributed by atoms with E-state index in [1.165, 1.54) is 5.56 Å². The molecule has 1 aromatic carbocycles. The first-order chi connectivity index (χ1) is 8.01. The lowest BCUT2D eigenvalue weighted by Gasteiger charge is -2.26. The molecule has 4 heteroatoms. The van der Waals surface area contributed by atoms with Gasteiger partial charge in [0.25, 0.3) is 0 Å². The molecule has 0 aliphatic heterocycles. The second-order valence-electron chi connectivity index (χ2n) is 4.59. The summed E-state index contributed by atoms with van der Waals surface area (Å²) in [5.41, 5.74) is 1.17. The van der Waals surface area contributed by atoms with Crippen molar-refractivity contribution in [2.45, 2.75) is 19.3 Å². The fourth-order valence-electron chi connectivity index (χ4n) is 1.66. The Balaban J connectivity index is 2.80. The van der Waals surface area contributed by atoms with E-state index in [-0.39, 0.29) is 5.41 Å². The predicted octanol–water partition coefficient (Wildman–Crippen LogP) is 2.82. The van der Waals surface area contributed by atoms with Crippen LogP contribution in [0.15, 0.2) is 18.2 Å². The van der Waals surface area contributed by atoms with Crippen LogP contribution in [0.3, 0.4) is 0 Å². The first-order valence-electron chi connectivity index (χ1n) is 5.55. The van der Waals surface area contributed by atoms with Crippen molar-refractivity contribution in [1.29, 1.82) is 0 Å². The van der Waals surface area contributed by atoms with Gasteiger partial charge in [0.05, 0.1) is 18.9 Å². The molecule has 0 saturated carbocycles. The number of benzene rings is 1. The Hall–Kier alpha value is -0.770. The average molecular weight is 258 g/mol. The van der Waals surface area contributed by atoms with Crippen molar-refractivity contribution in [3.63, 3.8) is 0 Å². The highest BCUT2D eigenvalue weighted by Crippen LogP contribution is 2.30. The minimum atomic E-state index is -0.00551. The third kappa shape index (κ3) is 3.87. The van der Waals surface area contributed by atoms with Crippen molar-refractivity contribution in [3.05, 3.63) is 28.8 Å². The summed E-state index contributed by atoms with van der Waals surface area (Å²) in [6.45, 7) is 5.69. The first kappa shape index (κ1) is 14.3. The van der Waals surface area contributed by atoms with Crippen LogP contribution < -0.4 is 10.1 Å². The largest absolute Gasteiger partial charge is 0.495 e. The maximum atomic E-state index is 6.13. The molecular weight excluding hydrogens is 238 g/mol. The Morgan fingerprint density at radius 1 is 1.29 bits per heavy atom. The van der Waals surface area contributed by atoms with E-state index in [0.717, 1.165) is 6.54 Å². The Kier molecular flexibility index (Phi) is 5.25. The number of hydrogen-bond acceptors (Lipinski definition) is 3. The second-order valence-corrected chi connectivity index (χ2v) is 5.00. The Morgan fingerprint density at radius 2 is 2.00 bits per heavy atom. The number of nitrogens with one attached hydrogen (secondary N) is 1. The van der Waals surface area contributed by atoms with Gasteiger partial charge in [-0.05, 0) is 17.7 Å². The van der Waals surface area contributed by atoms with E-state index in [9.17, 15) is 0 Å². The maximum absolute atomic E-state index is 6.13. The first-order valence-corrected chi connectivity index (χ1v) is 5.92. The molecular formula is C13H20ClNO2. The molecule has 1 rings (SSSR count). The molecule has 0 unspecified atom stereocenters. The molecule has 0 aliphatic rings. The quantitative estimate of drug-likeness (QED) is 0.628. The number of hydrogen-bond donors (Lipinski definition) is 1. The monoisotopic (exact) mass is 257 g/mol. The van der Waals surface area contributed by atoms with Gasteiger partial charge in [-0.1, -0.05) is 31.5 Å². The fraction of sp³-hybridized carbons (Fsp3) is 0.538. The van der Waals surface area contributed by atoms with Gasteiger partial charge in [-0.2, -0.15) is 0 Å². The zero-order chi connectivity index (χ0) is 12.9. The molecule has 1 N–H and O–H groups in total. The molecule has 1 aromatic rings. The summed E-state index contributed by atoms with van der Waals surface area (Å²) in [6.07, 6.45) is 0. The summed E-state index contributed by atoms with van der Waals surface area (Å²) in [5, 5.41) is 3.87. The molecule has 3 nitrogen and oxygen atoms in total. The summed E-state index contributed by atoms with van der Waals surface area (Å²) in [5.74, 6) is 0.705. The van der Waals surface area contributed by atoms with Gasteiger partial charge >= 0.3 is 0 Å². The maximum Gasteiger partial charge on any atom is 0.137 e. The molecule has 96 valence electrons. The lowest BCUT2D eigenvalue weighted by Crippen LogP contribution is -2.33. The van der Waals surface area contributed by atoms with Crippen molar-refractivity contribution >= 4 is 11.6 Å². The summed E-state index contributed by atoms with van der Waals surface area (Å²) < 4.78 is 10.1. The van der Waals surface area contributed by atoms with Crippen LogP contribution in [0.2, 0.25) is 5.02 Å². The van der Waals surface area contributed by atoms with Crippen LogP contribution in [0.1, 0.15) is 19.4 Å². The summed E-state index contributed by atoms with van der Waals surface area (Å²) in [6, 6.07) is 5.89. The van der Waals surface area contributed by atoms with Gasteiger partial charge in [0.15, 0.2) is 0 Å². The van der Waals surface area contributed by atoms with Gasteiger partial charge in [0, 0.05) is 19.1 Å². The summed E-state index contributed by atoms with van der Waals surface area (Å²) in [4.78, 5) is 0. The van der Waals surface area contributed by atoms with Gasteiger partial charge in [0.1, 0.15) is 5.75 Å². The Morgan fingerprint density at radius 3 is 2.53 bits per heavy atom. The van der Waals surface area contributed by atoms with Crippen LogP contribution in [0.4, 0.5) is 0 Å². The van der Waals surface area contributed by atoms with Gasteiger partial charge in [0.2, 0.25) is 0 Å². The number of methoxy groups -OCH3 is 2. The zero-order valence-corrected chi connectivity index (χ0v) is 11.6. The van der Waals surface area contributed by atoms with Crippen molar-refractivity contribution in [1.82, 2.24) is 5.32 Å². The topological polar surface area (TPSA) is 30.5 Å². The smallest absolute Gasteiger partial charge is 0.137 e. The number of ether oxygens (including phenoxy) is 2. The Bertz CT molecular complexity index is 366. The van der Waals surface area contributed by atoms with Crippen LogP contribution in [0.25, 0.3) is 0 Å². The van der Waals surface area contributed by atoms with Gasteiger partial charge in [-0.3, -0.25) is 5.32 Å². The molecule has 0 bridgehead atoms. The molecule has 0 amide bonds. The van der Waals surface area contributed by atoms with Crippen molar-refractivity contribution in [2.75, 3.05) is 27.5 Å². The second kappa shape index (κ2) is 6.24. The van der Waals surface area contributed by atoms with Gasteiger partial charge < -0.3 is 9.47 Å². The standard InChI is InChI=1S/C13H20ClNO2/c1-13(2,8-15-9-16-3)10-5-6-12(17-4)11(14)7-10/h5-7,15H,8-9H2,1-4H3. The van der Waals surface area contributed by atoms with Crippen LogP contribution in [0, 0.1) is 0 Å². The predicted molar refractivity (Wildman–Crippen MR) is 70.9 cm³/mol. The van der Waals surface area contributed by atoms with Crippen LogP contribution in [-0.4, -0.2) is 27.5 Å². The number of halogens is 1. The van der Waals surface area contributed by atoms with Crippen LogP contribution >= 0.6 is 11.6 Å². The summed E-state index contributed by atoms with van der Waals surface area (Å²) >= 11 is 6.13. The van der Waals surface area contributed by atoms with Crippen LogP contribution in [-0.2, 0) is 10.2 Å². The van der Waals surface area contributed by atoms with E-state index < -0.39 is 0 Å². The molecule has 0 atom stereocenters.